The van der Waals surface area contributed by atoms with E-state index in [1.165, 1.54) is 12.1 Å². The average Bonchev–Trinajstić information content (AvgIpc) is 2.37. The van der Waals surface area contributed by atoms with Gasteiger partial charge in [-0.15, -0.1) is 0 Å². The number of fused-ring (bicyclic) bond motifs is 1. The Morgan fingerprint density at radius 2 is 2.17 bits per heavy atom. The van der Waals surface area contributed by atoms with Gasteiger partial charge in [0.25, 0.3) is 5.69 Å². The molecule has 1 heterocycles. The van der Waals surface area contributed by atoms with Gasteiger partial charge in [0.05, 0.1) is 10.4 Å². The van der Waals surface area contributed by atoms with Crippen molar-refractivity contribution in [1.29, 1.82) is 0 Å². The molecule has 94 valence electrons. The molecule has 0 saturated heterocycles. The Bertz CT molecular complexity index is 583. The van der Waals surface area contributed by atoms with Crippen LogP contribution in [0.2, 0.25) is 0 Å². The van der Waals surface area contributed by atoms with Crippen LogP contribution in [0.4, 0.5) is 11.5 Å². The molecule has 0 aliphatic carbocycles. The van der Waals surface area contributed by atoms with Crippen LogP contribution >= 0.6 is 0 Å². The lowest BCUT2D eigenvalue weighted by Crippen LogP contribution is -2.14. The molecule has 0 radical (unpaired) electrons. The van der Waals surface area contributed by atoms with E-state index in [0.29, 0.717) is 6.04 Å². The molecule has 1 N–H and O–H groups in total. The summed E-state index contributed by atoms with van der Waals surface area (Å²) in [5, 5.41) is 14.7. The van der Waals surface area contributed by atoms with E-state index in [0.717, 1.165) is 23.1 Å². The van der Waals surface area contributed by atoms with Crippen molar-refractivity contribution < 1.29 is 4.92 Å². The first-order valence-electron chi connectivity index (χ1n) is 5.92. The van der Waals surface area contributed by atoms with E-state index in [-0.39, 0.29) is 5.69 Å². The second-order valence-corrected chi connectivity index (χ2v) is 4.28. The maximum absolute atomic E-state index is 10.7. The molecule has 0 bridgehead atoms. The minimum absolute atomic E-state index is 0.0898. The molecule has 0 aliphatic heterocycles. The Hall–Kier alpha value is -2.17. The Kier molecular flexibility index (Phi) is 3.41. The molecule has 5 nitrogen and oxygen atoms in total. The van der Waals surface area contributed by atoms with Gasteiger partial charge in [-0.05, 0) is 31.5 Å². The number of nitrogens with one attached hydrogen (secondary N) is 1. The predicted molar refractivity (Wildman–Crippen MR) is 71.8 cm³/mol. The molecule has 1 unspecified atom stereocenters. The lowest BCUT2D eigenvalue weighted by molar-refractivity contribution is -0.384. The number of benzene rings is 1. The number of non-ortho nitro benzene ring substituents is 1. The summed E-state index contributed by atoms with van der Waals surface area (Å²) in [4.78, 5) is 14.7. The lowest BCUT2D eigenvalue weighted by atomic mass is 10.2. The van der Waals surface area contributed by atoms with Crippen molar-refractivity contribution in [1.82, 2.24) is 4.98 Å². The summed E-state index contributed by atoms with van der Waals surface area (Å²) in [6.45, 7) is 4.18. The van der Waals surface area contributed by atoms with E-state index >= 15 is 0 Å². The third kappa shape index (κ3) is 2.56. The minimum Gasteiger partial charge on any atom is -0.368 e. The normalized spacial score (nSPS) is 12.3. The monoisotopic (exact) mass is 245 g/mol. The van der Waals surface area contributed by atoms with Gasteiger partial charge in [-0.3, -0.25) is 10.1 Å². The van der Waals surface area contributed by atoms with Crippen molar-refractivity contribution in [2.75, 3.05) is 5.32 Å². The van der Waals surface area contributed by atoms with E-state index in [2.05, 4.69) is 24.1 Å². The smallest absolute Gasteiger partial charge is 0.270 e. The van der Waals surface area contributed by atoms with Crippen molar-refractivity contribution >= 4 is 22.4 Å². The molecule has 0 fully saturated rings. The molecule has 5 heteroatoms. The highest BCUT2D eigenvalue weighted by Gasteiger charge is 2.07. The van der Waals surface area contributed by atoms with Crippen LogP contribution in [0.5, 0.6) is 0 Å². The van der Waals surface area contributed by atoms with Crippen molar-refractivity contribution in [3.05, 3.63) is 40.4 Å². The van der Waals surface area contributed by atoms with E-state index in [1.807, 2.05) is 12.1 Å². The van der Waals surface area contributed by atoms with Gasteiger partial charge in [0.1, 0.15) is 5.82 Å². The van der Waals surface area contributed by atoms with Gasteiger partial charge in [-0.1, -0.05) is 6.92 Å². The summed E-state index contributed by atoms with van der Waals surface area (Å²) in [5.41, 5.74) is 0.848. The third-order valence-corrected chi connectivity index (χ3v) is 2.89. The molecule has 1 aromatic heterocycles. The van der Waals surface area contributed by atoms with Gasteiger partial charge >= 0.3 is 0 Å². The first kappa shape index (κ1) is 12.3. The Morgan fingerprint density at radius 1 is 1.39 bits per heavy atom. The van der Waals surface area contributed by atoms with E-state index < -0.39 is 4.92 Å². The average molecular weight is 245 g/mol. The summed E-state index contributed by atoms with van der Waals surface area (Å²) in [7, 11) is 0. The van der Waals surface area contributed by atoms with Crippen LogP contribution in [-0.4, -0.2) is 15.9 Å². The fourth-order valence-corrected chi connectivity index (χ4v) is 1.66. The van der Waals surface area contributed by atoms with E-state index in [1.54, 1.807) is 6.07 Å². The van der Waals surface area contributed by atoms with Gasteiger partial charge in [0, 0.05) is 23.6 Å². The molecular formula is C13H15N3O2. The summed E-state index contributed by atoms with van der Waals surface area (Å²) in [6, 6.07) is 8.73. The maximum atomic E-state index is 10.7. The maximum Gasteiger partial charge on any atom is 0.270 e. The highest BCUT2D eigenvalue weighted by Crippen LogP contribution is 2.21. The summed E-state index contributed by atoms with van der Waals surface area (Å²) in [6.07, 6.45) is 1.01. The zero-order valence-electron chi connectivity index (χ0n) is 10.4. The van der Waals surface area contributed by atoms with Crippen LogP contribution in [0.15, 0.2) is 30.3 Å². The molecule has 0 aliphatic rings. The van der Waals surface area contributed by atoms with Crippen molar-refractivity contribution in [3.8, 4) is 0 Å². The highest BCUT2D eigenvalue weighted by molar-refractivity contribution is 5.82. The van der Waals surface area contributed by atoms with Crippen molar-refractivity contribution in [3.63, 3.8) is 0 Å². The van der Waals surface area contributed by atoms with Crippen LogP contribution in [0.25, 0.3) is 10.9 Å². The van der Waals surface area contributed by atoms with Gasteiger partial charge < -0.3 is 5.32 Å². The standard InChI is InChI=1S/C13H15N3O2/c1-3-9(2)14-13-7-4-10-8-11(16(17)18)5-6-12(10)15-13/h4-9H,3H2,1-2H3,(H,14,15). The molecule has 0 spiro atoms. The number of nitrogens with zero attached hydrogens (tertiary/aromatic N) is 2. The molecule has 1 aromatic carbocycles. The predicted octanol–water partition coefficient (Wildman–Crippen LogP) is 3.35. The number of nitro benzene ring substituents is 1. The van der Waals surface area contributed by atoms with Crippen LogP contribution in [0.1, 0.15) is 20.3 Å². The number of anilines is 1. The molecule has 0 saturated carbocycles. The van der Waals surface area contributed by atoms with Crippen molar-refractivity contribution in [2.24, 2.45) is 0 Å². The van der Waals surface area contributed by atoms with Gasteiger partial charge in [0.15, 0.2) is 0 Å². The number of pyridine rings is 1. The molecule has 0 amide bonds. The second kappa shape index (κ2) is 5.00. The first-order chi connectivity index (χ1) is 8.60. The summed E-state index contributed by atoms with van der Waals surface area (Å²) < 4.78 is 0. The number of hydrogen-bond acceptors (Lipinski definition) is 4. The zero-order chi connectivity index (χ0) is 13.1. The Balaban J connectivity index is 2.35. The third-order valence-electron chi connectivity index (χ3n) is 2.89. The molecule has 2 rings (SSSR count). The largest absolute Gasteiger partial charge is 0.368 e. The fourth-order valence-electron chi connectivity index (χ4n) is 1.66. The van der Waals surface area contributed by atoms with E-state index in [9.17, 15) is 10.1 Å². The minimum atomic E-state index is -0.398. The summed E-state index contributed by atoms with van der Waals surface area (Å²) >= 11 is 0. The quantitative estimate of drug-likeness (QED) is 0.662. The first-order valence-corrected chi connectivity index (χ1v) is 5.92. The molecule has 18 heavy (non-hydrogen) atoms. The number of rotatable bonds is 4. The molecule has 2 aromatic rings. The number of nitro groups is 1. The van der Waals surface area contributed by atoms with Crippen LogP contribution in [0.3, 0.4) is 0 Å². The fraction of sp³-hybridized carbons (Fsp3) is 0.308. The number of hydrogen-bond donors (Lipinski definition) is 1. The zero-order valence-corrected chi connectivity index (χ0v) is 10.4. The number of aromatic nitrogens is 1. The van der Waals surface area contributed by atoms with Crippen LogP contribution in [-0.2, 0) is 0 Å². The van der Waals surface area contributed by atoms with Crippen LogP contribution < -0.4 is 5.32 Å². The molecule has 1 atom stereocenters. The summed E-state index contributed by atoms with van der Waals surface area (Å²) in [5.74, 6) is 0.797. The topological polar surface area (TPSA) is 68.1 Å². The van der Waals surface area contributed by atoms with Gasteiger partial charge in [-0.25, -0.2) is 4.98 Å². The Labute approximate surface area is 105 Å². The highest BCUT2D eigenvalue weighted by atomic mass is 16.6. The lowest BCUT2D eigenvalue weighted by Gasteiger charge is -2.12. The SMILES string of the molecule is CCC(C)Nc1ccc2cc([N+](=O)[O-])ccc2n1. The Morgan fingerprint density at radius 3 is 2.83 bits per heavy atom. The second-order valence-electron chi connectivity index (χ2n) is 4.28. The van der Waals surface area contributed by atoms with E-state index in [4.69, 9.17) is 0 Å². The van der Waals surface area contributed by atoms with Gasteiger partial charge in [0.2, 0.25) is 0 Å². The van der Waals surface area contributed by atoms with Crippen LogP contribution in [0, 0.1) is 10.1 Å². The van der Waals surface area contributed by atoms with Gasteiger partial charge in [-0.2, -0.15) is 0 Å². The van der Waals surface area contributed by atoms with Crippen molar-refractivity contribution in [2.45, 2.75) is 26.3 Å². The molecular weight excluding hydrogens is 230 g/mol.